The molecule has 17 heavy (non-hydrogen) atoms. The second kappa shape index (κ2) is 3.91. The molecule has 0 fully saturated rings. The molecular weight excluding hydrogens is 214 g/mol. The third-order valence-corrected chi connectivity index (χ3v) is 3.50. The summed E-state index contributed by atoms with van der Waals surface area (Å²) >= 11 is 0. The largest absolute Gasteiger partial charge is 0.481 e. The van der Waals surface area contributed by atoms with Crippen molar-refractivity contribution in [2.45, 2.75) is 26.7 Å². The smallest absolute Gasteiger partial charge is 0.312 e. The van der Waals surface area contributed by atoms with Crippen molar-refractivity contribution in [1.82, 2.24) is 4.57 Å². The SMILES string of the molecule is Cc1c(C(C)C(=O)O)n(C)c2c(C)cccc12. The summed E-state index contributed by atoms with van der Waals surface area (Å²) in [6.45, 7) is 5.78. The van der Waals surface area contributed by atoms with Gasteiger partial charge in [0, 0.05) is 18.1 Å². The molecule has 0 aliphatic heterocycles. The summed E-state index contributed by atoms with van der Waals surface area (Å²) < 4.78 is 2.01. The highest BCUT2D eigenvalue weighted by molar-refractivity contribution is 5.90. The van der Waals surface area contributed by atoms with E-state index in [9.17, 15) is 4.79 Å². The molecule has 3 nitrogen and oxygen atoms in total. The summed E-state index contributed by atoms with van der Waals surface area (Å²) in [5, 5.41) is 10.3. The third kappa shape index (κ3) is 1.62. The average Bonchev–Trinajstić information content (AvgIpc) is 2.52. The minimum absolute atomic E-state index is 0.480. The summed E-state index contributed by atoms with van der Waals surface area (Å²) in [6, 6.07) is 6.12. The monoisotopic (exact) mass is 231 g/mol. The first-order valence-electron chi connectivity index (χ1n) is 5.72. The normalized spacial score (nSPS) is 12.9. The number of aromatic nitrogens is 1. The lowest BCUT2D eigenvalue weighted by atomic mass is 10.0. The van der Waals surface area contributed by atoms with Crippen molar-refractivity contribution in [2.75, 3.05) is 0 Å². The van der Waals surface area contributed by atoms with Crippen LogP contribution in [0.1, 0.15) is 29.7 Å². The van der Waals surface area contributed by atoms with Gasteiger partial charge in [0.1, 0.15) is 0 Å². The van der Waals surface area contributed by atoms with Crippen molar-refractivity contribution < 1.29 is 9.90 Å². The van der Waals surface area contributed by atoms with Crippen LogP contribution in [0.2, 0.25) is 0 Å². The highest BCUT2D eigenvalue weighted by atomic mass is 16.4. The van der Waals surface area contributed by atoms with Crippen LogP contribution in [-0.4, -0.2) is 15.6 Å². The summed E-state index contributed by atoms with van der Waals surface area (Å²) in [5.74, 6) is -1.26. The molecule has 1 N–H and O–H groups in total. The van der Waals surface area contributed by atoms with Crippen LogP contribution in [0.15, 0.2) is 18.2 Å². The Kier molecular flexibility index (Phi) is 2.69. The van der Waals surface area contributed by atoms with Gasteiger partial charge in [-0.15, -0.1) is 0 Å². The molecule has 0 bridgehead atoms. The minimum atomic E-state index is -0.781. The van der Waals surface area contributed by atoms with E-state index in [1.165, 1.54) is 5.56 Å². The van der Waals surface area contributed by atoms with Crippen LogP contribution in [-0.2, 0) is 11.8 Å². The number of carbonyl (C=O) groups is 1. The molecule has 0 amide bonds. The number of aryl methyl sites for hydroxylation is 3. The van der Waals surface area contributed by atoms with Crippen LogP contribution >= 0.6 is 0 Å². The Balaban J connectivity index is 2.82. The molecule has 0 spiro atoms. The summed E-state index contributed by atoms with van der Waals surface area (Å²) in [7, 11) is 1.94. The van der Waals surface area contributed by atoms with Gasteiger partial charge in [0.2, 0.25) is 0 Å². The lowest BCUT2D eigenvalue weighted by Crippen LogP contribution is -2.12. The molecule has 1 aromatic carbocycles. The Morgan fingerprint density at radius 2 is 2.00 bits per heavy atom. The Labute approximate surface area is 101 Å². The molecule has 1 unspecified atom stereocenters. The lowest BCUT2D eigenvalue weighted by Gasteiger charge is -2.10. The van der Waals surface area contributed by atoms with Gasteiger partial charge in [-0.1, -0.05) is 18.2 Å². The maximum Gasteiger partial charge on any atom is 0.312 e. The van der Waals surface area contributed by atoms with Gasteiger partial charge in [-0.05, 0) is 31.9 Å². The zero-order valence-electron chi connectivity index (χ0n) is 10.6. The number of nitrogens with zero attached hydrogens (tertiary/aromatic N) is 1. The first-order valence-corrected chi connectivity index (χ1v) is 5.72. The molecular formula is C14H17NO2. The van der Waals surface area contributed by atoms with Crippen LogP contribution in [0.3, 0.4) is 0 Å². The number of hydrogen-bond acceptors (Lipinski definition) is 1. The Hall–Kier alpha value is -1.77. The number of para-hydroxylation sites is 1. The zero-order valence-corrected chi connectivity index (χ0v) is 10.6. The average molecular weight is 231 g/mol. The van der Waals surface area contributed by atoms with E-state index < -0.39 is 11.9 Å². The van der Waals surface area contributed by atoms with Crippen LogP contribution in [0.25, 0.3) is 10.9 Å². The van der Waals surface area contributed by atoms with Gasteiger partial charge in [0.25, 0.3) is 0 Å². The highest BCUT2D eigenvalue weighted by Gasteiger charge is 2.22. The Morgan fingerprint density at radius 3 is 2.53 bits per heavy atom. The topological polar surface area (TPSA) is 42.2 Å². The molecule has 90 valence electrons. The van der Waals surface area contributed by atoms with Crippen molar-refractivity contribution in [3.63, 3.8) is 0 Å². The number of benzene rings is 1. The predicted octanol–water partition coefficient (Wildman–Crippen LogP) is 2.98. The summed E-state index contributed by atoms with van der Waals surface area (Å²) in [5.41, 5.74) is 4.27. The lowest BCUT2D eigenvalue weighted by molar-refractivity contribution is -0.138. The van der Waals surface area contributed by atoms with E-state index in [0.717, 1.165) is 22.2 Å². The van der Waals surface area contributed by atoms with Gasteiger partial charge in [0.05, 0.1) is 11.4 Å². The maximum absolute atomic E-state index is 11.2. The number of hydrogen-bond donors (Lipinski definition) is 1. The van der Waals surface area contributed by atoms with Gasteiger partial charge < -0.3 is 9.67 Å². The van der Waals surface area contributed by atoms with E-state index in [1.54, 1.807) is 6.92 Å². The number of fused-ring (bicyclic) bond motifs is 1. The molecule has 0 saturated heterocycles. The van der Waals surface area contributed by atoms with E-state index in [0.29, 0.717) is 0 Å². The first-order chi connectivity index (χ1) is 7.95. The van der Waals surface area contributed by atoms with E-state index >= 15 is 0 Å². The fraction of sp³-hybridized carbons (Fsp3) is 0.357. The number of rotatable bonds is 2. The van der Waals surface area contributed by atoms with Crippen LogP contribution in [0, 0.1) is 13.8 Å². The second-order valence-electron chi connectivity index (χ2n) is 4.60. The van der Waals surface area contributed by atoms with E-state index in [-0.39, 0.29) is 0 Å². The van der Waals surface area contributed by atoms with E-state index in [1.807, 2.05) is 24.6 Å². The first kappa shape index (κ1) is 11.7. The van der Waals surface area contributed by atoms with E-state index in [2.05, 4.69) is 19.1 Å². The summed E-state index contributed by atoms with van der Waals surface area (Å²) in [4.78, 5) is 11.2. The number of carboxylic acid groups (broad SMARTS) is 1. The zero-order chi connectivity index (χ0) is 12.7. The van der Waals surface area contributed by atoms with Crippen LogP contribution < -0.4 is 0 Å². The molecule has 1 atom stereocenters. The molecule has 0 aliphatic rings. The Bertz CT molecular complexity index is 596. The fourth-order valence-corrected chi connectivity index (χ4v) is 2.65. The quantitative estimate of drug-likeness (QED) is 0.863. The molecule has 0 aliphatic carbocycles. The van der Waals surface area contributed by atoms with Gasteiger partial charge >= 0.3 is 5.97 Å². The maximum atomic E-state index is 11.2. The highest BCUT2D eigenvalue weighted by Crippen LogP contribution is 2.31. The predicted molar refractivity (Wildman–Crippen MR) is 68.4 cm³/mol. The van der Waals surface area contributed by atoms with Crippen molar-refractivity contribution in [3.05, 3.63) is 35.0 Å². The fourth-order valence-electron chi connectivity index (χ4n) is 2.65. The number of carboxylic acids is 1. The second-order valence-corrected chi connectivity index (χ2v) is 4.60. The van der Waals surface area contributed by atoms with Crippen LogP contribution in [0.4, 0.5) is 0 Å². The Morgan fingerprint density at radius 1 is 1.35 bits per heavy atom. The van der Waals surface area contributed by atoms with Gasteiger partial charge in [-0.25, -0.2) is 0 Å². The van der Waals surface area contributed by atoms with Crippen molar-refractivity contribution >= 4 is 16.9 Å². The standard InChI is InChI=1S/C14H17NO2/c1-8-6-5-7-11-9(2)13(10(3)14(16)17)15(4)12(8)11/h5-7,10H,1-4H3,(H,16,17). The molecule has 2 rings (SSSR count). The molecule has 1 heterocycles. The van der Waals surface area contributed by atoms with E-state index in [4.69, 9.17) is 5.11 Å². The molecule has 0 radical (unpaired) electrons. The number of aliphatic carboxylic acids is 1. The summed E-state index contributed by atoms with van der Waals surface area (Å²) in [6.07, 6.45) is 0. The molecule has 0 saturated carbocycles. The van der Waals surface area contributed by atoms with Crippen molar-refractivity contribution in [3.8, 4) is 0 Å². The van der Waals surface area contributed by atoms with Crippen molar-refractivity contribution in [1.29, 1.82) is 0 Å². The molecule has 2 aromatic rings. The molecule has 3 heteroatoms. The third-order valence-electron chi connectivity index (χ3n) is 3.50. The van der Waals surface area contributed by atoms with Gasteiger partial charge in [-0.2, -0.15) is 0 Å². The van der Waals surface area contributed by atoms with Crippen LogP contribution in [0.5, 0.6) is 0 Å². The van der Waals surface area contributed by atoms with Crippen molar-refractivity contribution in [2.24, 2.45) is 7.05 Å². The van der Waals surface area contributed by atoms with Gasteiger partial charge in [-0.3, -0.25) is 4.79 Å². The molecule has 1 aromatic heterocycles. The minimum Gasteiger partial charge on any atom is -0.481 e. The van der Waals surface area contributed by atoms with Gasteiger partial charge in [0.15, 0.2) is 0 Å².